The van der Waals surface area contributed by atoms with Crippen molar-refractivity contribution in [2.24, 2.45) is 14.1 Å². The highest BCUT2D eigenvalue weighted by atomic mass is 16.2. The zero-order chi connectivity index (χ0) is 18.0. The molecule has 5 nitrogen and oxygen atoms in total. The highest BCUT2D eigenvalue weighted by Crippen LogP contribution is 2.22. The first-order chi connectivity index (χ1) is 12.0. The summed E-state index contributed by atoms with van der Waals surface area (Å²) < 4.78 is 3.92. The van der Waals surface area contributed by atoms with Crippen LogP contribution in [-0.4, -0.2) is 26.1 Å². The summed E-state index contributed by atoms with van der Waals surface area (Å²) in [7, 11) is 3.89. The first-order valence-electron chi connectivity index (χ1n) is 8.45. The summed E-state index contributed by atoms with van der Waals surface area (Å²) in [6, 6.07) is 12.2. The molecule has 0 spiro atoms. The molecule has 0 aliphatic rings. The van der Waals surface area contributed by atoms with Crippen LogP contribution in [0.3, 0.4) is 0 Å². The summed E-state index contributed by atoms with van der Waals surface area (Å²) in [4.78, 5) is 17.0. The van der Waals surface area contributed by atoms with Crippen LogP contribution in [-0.2, 0) is 20.5 Å². The van der Waals surface area contributed by atoms with Gasteiger partial charge in [0.25, 0.3) is 5.91 Å². The number of hydrogen-bond acceptors (Lipinski definition) is 2. The van der Waals surface area contributed by atoms with Crippen LogP contribution in [0.15, 0.2) is 48.8 Å². The molecule has 1 unspecified atom stereocenters. The third-order valence-electron chi connectivity index (χ3n) is 4.46. The molecule has 0 saturated heterocycles. The molecule has 2 aromatic heterocycles. The Kier molecular flexibility index (Phi) is 4.74. The minimum Gasteiger partial charge on any atom is -0.348 e. The molecule has 3 rings (SSSR count). The number of carbonyl (C=O) groups excluding carboxylic acids is 1. The van der Waals surface area contributed by atoms with E-state index in [1.165, 1.54) is 5.56 Å². The van der Waals surface area contributed by atoms with Gasteiger partial charge in [0, 0.05) is 44.6 Å². The summed E-state index contributed by atoms with van der Waals surface area (Å²) in [5.74, 6) is 0.892. The lowest BCUT2D eigenvalue weighted by Gasteiger charge is -2.15. The molecular formula is C20H24N4O. The van der Waals surface area contributed by atoms with Crippen LogP contribution in [0, 0.1) is 6.92 Å². The fourth-order valence-electron chi connectivity index (χ4n) is 3.05. The zero-order valence-corrected chi connectivity index (χ0v) is 15.2. The lowest BCUT2D eigenvalue weighted by Crippen LogP contribution is -2.35. The number of nitrogens with one attached hydrogen (secondary N) is 1. The fourth-order valence-corrected chi connectivity index (χ4v) is 3.05. The number of rotatable bonds is 5. The van der Waals surface area contributed by atoms with Crippen molar-refractivity contribution in [1.29, 1.82) is 0 Å². The standard InChI is InChI=1S/C20H24N4O/c1-14-6-5-7-16(12-14)17-8-9-18(24(17)4)20(25)22-15(2)13-19-21-10-11-23(19)3/h5-12,15H,13H2,1-4H3,(H,22,25). The number of benzene rings is 1. The van der Waals surface area contributed by atoms with Crippen molar-refractivity contribution in [3.8, 4) is 11.3 Å². The number of imidazole rings is 1. The van der Waals surface area contributed by atoms with Crippen LogP contribution in [0.1, 0.15) is 28.8 Å². The molecule has 0 fully saturated rings. The quantitative estimate of drug-likeness (QED) is 0.778. The summed E-state index contributed by atoms with van der Waals surface area (Å²) in [5, 5.41) is 3.07. The monoisotopic (exact) mass is 336 g/mol. The SMILES string of the molecule is Cc1cccc(-c2ccc(C(=O)NC(C)Cc3nccn3C)n2C)c1. The average Bonchev–Trinajstić information content (AvgIpc) is 3.13. The van der Waals surface area contributed by atoms with Gasteiger partial charge in [0.2, 0.25) is 0 Å². The van der Waals surface area contributed by atoms with E-state index < -0.39 is 0 Å². The van der Waals surface area contributed by atoms with E-state index in [1.54, 1.807) is 6.20 Å². The van der Waals surface area contributed by atoms with Crippen molar-refractivity contribution in [1.82, 2.24) is 19.4 Å². The minimum atomic E-state index is -0.0666. The normalized spacial score (nSPS) is 12.2. The van der Waals surface area contributed by atoms with Gasteiger partial charge in [0.15, 0.2) is 0 Å². The summed E-state index contributed by atoms with van der Waals surface area (Å²) in [6.45, 7) is 4.07. The Hall–Kier alpha value is -2.82. The second-order valence-electron chi connectivity index (χ2n) is 6.57. The van der Waals surface area contributed by atoms with Crippen molar-refractivity contribution < 1.29 is 4.79 Å². The number of amides is 1. The van der Waals surface area contributed by atoms with Gasteiger partial charge >= 0.3 is 0 Å². The molecule has 0 bridgehead atoms. The van der Waals surface area contributed by atoms with E-state index in [4.69, 9.17) is 0 Å². The van der Waals surface area contributed by atoms with Crippen LogP contribution < -0.4 is 5.32 Å². The molecule has 5 heteroatoms. The number of aromatic nitrogens is 3. The molecule has 25 heavy (non-hydrogen) atoms. The average molecular weight is 336 g/mol. The van der Waals surface area contributed by atoms with Gasteiger partial charge in [-0.25, -0.2) is 4.98 Å². The van der Waals surface area contributed by atoms with Gasteiger partial charge in [-0.15, -0.1) is 0 Å². The maximum Gasteiger partial charge on any atom is 0.268 e. The van der Waals surface area contributed by atoms with Crippen LogP contribution in [0.2, 0.25) is 0 Å². The van der Waals surface area contributed by atoms with E-state index in [0.29, 0.717) is 12.1 Å². The van der Waals surface area contributed by atoms with Gasteiger partial charge in [0.1, 0.15) is 11.5 Å². The Balaban J connectivity index is 1.74. The lowest BCUT2D eigenvalue weighted by atomic mass is 10.1. The van der Waals surface area contributed by atoms with Crippen molar-refractivity contribution in [2.45, 2.75) is 26.3 Å². The topological polar surface area (TPSA) is 51.9 Å². The highest BCUT2D eigenvalue weighted by Gasteiger charge is 2.16. The third-order valence-corrected chi connectivity index (χ3v) is 4.46. The van der Waals surface area contributed by atoms with Gasteiger partial charge in [-0.1, -0.05) is 23.8 Å². The van der Waals surface area contributed by atoms with Crippen molar-refractivity contribution >= 4 is 5.91 Å². The molecule has 1 aromatic carbocycles. The number of aryl methyl sites for hydroxylation is 2. The van der Waals surface area contributed by atoms with Gasteiger partial charge in [-0.2, -0.15) is 0 Å². The molecule has 0 radical (unpaired) electrons. The second-order valence-corrected chi connectivity index (χ2v) is 6.57. The van der Waals surface area contributed by atoms with E-state index >= 15 is 0 Å². The minimum absolute atomic E-state index is 0.00548. The third kappa shape index (κ3) is 3.65. The molecule has 0 aliphatic carbocycles. The molecule has 0 saturated carbocycles. The number of carbonyl (C=O) groups is 1. The van der Waals surface area contributed by atoms with Crippen molar-refractivity contribution in [2.75, 3.05) is 0 Å². The molecule has 0 aliphatic heterocycles. The van der Waals surface area contributed by atoms with E-state index in [-0.39, 0.29) is 11.9 Å². The molecule has 2 heterocycles. The Bertz CT molecular complexity index is 891. The molecule has 3 aromatic rings. The van der Waals surface area contributed by atoms with E-state index in [1.807, 2.05) is 54.5 Å². The van der Waals surface area contributed by atoms with E-state index in [9.17, 15) is 4.79 Å². The highest BCUT2D eigenvalue weighted by molar-refractivity contribution is 5.94. The summed E-state index contributed by atoms with van der Waals surface area (Å²) >= 11 is 0. The van der Waals surface area contributed by atoms with E-state index in [0.717, 1.165) is 17.1 Å². The zero-order valence-electron chi connectivity index (χ0n) is 15.2. The second kappa shape index (κ2) is 6.97. The lowest BCUT2D eigenvalue weighted by molar-refractivity contribution is 0.0931. The van der Waals surface area contributed by atoms with Gasteiger partial charge in [0.05, 0.1) is 0 Å². The number of hydrogen-bond donors (Lipinski definition) is 1. The van der Waals surface area contributed by atoms with Gasteiger partial charge in [-0.05, 0) is 37.6 Å². The summed E-state index contributed by atoms with van der Waals surface area (Å²) in [6.07, 6.45) is 4.38. The van der Waals surface area contributed by atoms with Crippen LogP contribution in [0.25, 0.3) is 11.3 Å². The Morgan fingerprint density at radius 1 is 1.24 bits per heavy atom. The summed E-state index contributed by atoms with van der Waals surface area (Å²) in [5.41, 5.74) is 4.00. The van der Waals surface area contributed by atoms with Crippen molar-refractivity contribution in [3.63, 3.8) is 0 Å². The fraction of sp³-hybridized carbons (Fsp3) is 0.300. The maximum atomic E-state index is 12.6. The van der Waals surface area contributed by atoms with Crippen molar-refractivity contribution in [3.05, 3.63) is 65.9 Å². The smallest absolute Gasteiger partial charge is 0.268 e. The first-order valence-corrected chi connectivity index (χ1v) is 8.45. The largest absolute Gasteiger partial charge is 0.348 e. The maximum absolute atomic E-state index is 12.6. The predicted molar refractivity (Wildman–Crippen MR) is 99.4 cm³/mol. The first kappa shape index (κ1) is 17.0. The number of nitrogens with zero attached hydrogens (tertiary/aromatic N) is 3. The Morgan fingerprint density at radius 2 is 2.04 bits per heavy atom. The van der Waals surface area contributed by atoms with Crippen LogP contribution >= 0.6 is 0 Å². The van der Waals surface area contributed by atoms with Crippen LogP contribution in [0.5, 0.6) is 0 Å². The Labute approximate surface area is 148 Å². The molecule has 1 atom stereocenters. The molecule has 1 amide bonds. The van der Waals surface area contributed by atoms with Gasteiger partial charge in [-0.3, -0.25) is 4.79 Å². The predicted octanol–water partition coefficient (Wildman–Crippen LogP) is 3.10. The molecular weight excluding hydrogens is 312 g/mol. The molecule has 1 N–H and O–H groups in total. The van der Waals surface area contributed by atoms with E-state index in [2.05, 4.69) is 35.4 Å². The van der Waals surface area contributed by atoms with Gasteiger partial charge < -0.3 is 14.5 Å². The van der Waals surface area contributed by atoms with Crippen LogP contribution in [0.4, 0.5) is 0 Å². The molecule has 130 valence electrons. The Morgan fingerprint density at radius 3 is 2.72 bits per heavy atom.